The molecular formula is C21H20MgN2O2. The van der Waals surface area contributed by atoms with Crippen molar-refractivity contribution in [3.63, 3.8) is 0 Å². The van der Waals surface area contributed by atoms with Crippen LogP contribution in [-0.2, 0) is 9.47 Å². The molecule has 2 aliphatic rings. The quantitative estimate of drug-likeness (QED) is 0.605. The van der Waals surface area contributed by atoms with E-state index in [-0.39, 0.29) is 35.1 Å². The Labute approximate surface area is 170 Å². The maximum Gasteiger partial charge on any atom is 2.00 e. The molecule has 5 heteroatoms. The minimum absolute atomic E-state index is 0. The van der Waals surface area contributed by atoms with E-state index in [0.717, 1.165) is 11.1 Å². The zero-order valence-electron chi connectivity index (χ0n) is 14.6. The van der Waals surface area contributed by atoms with Crippen molar-refractivity contribution in [3.05, 3.63) is 102 Å². The van der Waals surface area contributed by atoms with Crippen molar-refractivity contribution in [3.8, 4) is 0 Å². The summed E-state index contributed by atoms with van der Waals surface area (Å²) in [6.45, 7) is 8.12. The van der Waals surface area contributed by atoms with Crippen molar-refractivity contribution < 1.29 is 9.47 Å². The van der Waals surface area contributed by atoms with E-state index in [0.29, 0.717) is 25.0 Å². The van der Waals surface area contributed by atoms with Gasteiger partial charge < -0.3 is 21.4 Å². The summed E-state index contributed by atoms with van der Waals surface area (Å²) in [4.78, 5) is 4.60. The van der Waals surface area contributed by atoms with Gasteiger partial charge in [-0.1, -0.05) is 72.3 Å². The number of ether oxygens (including phenoxy) is 2. The second-order valence-corrected chi connectivity index (χ2v) is 5.55. The molecule has 26 heavy (non-hydrogen) atoms. The zero-order valence-corrected chi connectivity index (χ0v) is 16.0. The zero-order chi connectivity index (χ0) is 17.5. The number of aliphatic imine (C=N–C) groups is 1. The summed E-state index contributed by atoms with van der Waals surface area (Å²) < 4.78 is 11.3. The first-order chi connectivity index (χ1) is 12.4. The maximum absolute atomic E-state index is 5.66. The molecule has 2 aromatic rings. The molecule has 0 spiro atoms. The average Bonchev–Trinajstić information content (AvgIpc) is 3.35. The normalized spacial score (nSPS) is 22.0. The van der Waals surface area contributed by atoms with Gasteiger partial charge in [-0.3, -0.25) is 6.58 Å². The van der Waals surface area contributed by atoms with Gasteiger partial charge >= 0.3 is 23.1 Å². The van der Waals surface area contributed by atoms with Crippen LogP contribution in [0.1, 0.15) is 23.2 Å². The van der Waals surface area contributed by atoms with Gasteiger partial charge in [0.05, 0.1) is 6.61 Å². The third-order valence-electron chi connectivity index (χ3n) is 3.96. The Morgan fingerprint density at radius 1 is 0.923 bits per heavy atom. The molecule has 0 saturated carbocycles. The summed E-state index contributed by atoms with van der Waals surface area (Å²) in [7, 11) is 0. The molecule has 2 aliphatic heterocycles. The van der Waals surface area contributed by atoms with Gasteiger partial charge in [-0.15, -0.1) is 0 Å². The minimum atomic E-state index is 0. The fraction of sp³-hybridized carbons (Fsp3) is 0.190. The van der Waals surface area contributed by atoms with E-state index in [1.165, 1.54) is 0 Å². The van der Waals surface area contributed by atoms with Crippen molar-refractivity contribution in [2.45, 2.75) is 12.1 Å². The van der Waals surface area contributed by atoms with Gasteiger partial charge in [-0.05, 0) is 5.56 Å². The second-order valence-electron chi connectivity index (χ2n) is 5.55. The van der Waals surface area contributed by atoms with E-state index in [4.69, 9.17) is 9.47 Å². The van der Waals surface area contributed by atoms with Gasteiger partial charge in [0.25, 0.3) is 0 Å². The molecular weight excluding hydrogens is 337 g/mol. The van der Waals surface area contributed by atoms with Crippen molar-refractivity contribution in [2.75, 3.05) is 13.2 Å². The summed E-state index contributed by atoms with van der Waals surface area (Å²) in [6, 6.07) is 20.4. The Kier molecular flexibility index (Phi) is 7.75. The molecule has 2 atom stereocenters. The van der Waals surface area contributed by atoms with E-state index in [1.54, 1.807) is 6.08 Å². The van der Waals surface area contributed by atoms with Crippen LogP contribution in [0, 0.1) is 6.58 Å². The van der Waals surface area contributed by atoms with E-state index in [1.807, 2.05) is 36.4 Å². The molecule has 1 saturated heterocycles. The van der Waals surface area contributed by atoms with Crippen molar-refractivity contribution in [1.82, 2.24) is 0 Å². The SMILES string of the molecule is C(/C1=N[C@@H](c2ccccc2)CO1)=C1/[N-][C@@H](c2ccccc2)CO1.[CH-]=C.[Mg+2]. The molecule has 0 radical (unpaired) electrons. The maximum atomic E-state index is 5.66. The Bertz CT molecular complexity index is 747. The smallest absolute Gasteiger partial charge is 0.645 e. The van der Waals surface area contributed by atoms with E-state index < -0.39 is 0 Å². The van der Waals surface area contributed by atoms with Gasteiger partial charge in [-0.25, -0.2) is 4.99 Å². The Hall–Kier alpha value is -2.24. The van der Waals surface area contributed by atoms with Crippen LogP contribution in [0.15, 0.2) is 84.2 Å². The van der Waals surface area contributed by atoms with Crippen molar-refractivity contribution >= 4 is 29.0 Å². The summed E-state index contributed by atoms with van der Waals surface area (Å²) in [5.41, 5.74) is 2.32. The van der Waals surface area contributed by atoms with E-state index in [9.17, 15) is 0 Å². The molecule has 2 heterocycles. The van der Waals surface area contributed by atoms with Crippen LogP contribution in [0.25, 0.3) is 5.32 Å². The van der Waals surface area contributed by atoms with Gasteiger partial charge in [0.2, 0.25) is 5.90 Å². The molecule has 0 unspecified atom stereocenters. The van der Waals surface area contributed by atoms with E-state index in [2.05, 4.69) is 47.7 Å². The molecule has 0 amide bonds. The van der Waals surface area contributed by atoms with Crippen molar-refractivity contribution in [2.24, 2.45) is 4.99 Å². The molecule has 0 aliphatic carbocycles. The third kappa shape index (κ3) is 4.90. The van der Waals surface area contributed by atoms with Crippen LogP contribution in [-0.4, -0.2) is 42.2 Å². The van der Waals surface area contributed by atoms with Crippen LogP contribution in [0.2, 0.25) is 0 Å². The molecule has 2 aromatic carbocycles. The predicted molar refractivity (Wildman–Crippen MR) is 105 cm³/mol. The Morgan fingerprint density at radius 2 is 1.54 bits per heavy atom. The largest absolute Gasteiger partial charge is 2.00 e. The monoisotopic (exact) mass is 356 g/mol. The van der Waals surface area contributed by atoms with Crippen molar-refractivity contribution in [1.29, 1.82) is 0 Å². The van der Waals surface area contributed by atoms with Gasteiger partial charge in [0.15, 0.2) is 0 Å². The van der Waals surface area contributed by atoms with E-state index >= 15 is 0 Å². The average molecular weight is 357 g/mol. The minimum Gasteiger partial charge on any atom is -0.645 e. The third-order valence-corrected chi connectivity index (χ3v) is 3.96. The Balaban J connectivity index is 0.000000784. The number of nitrogens with zero attached hydrogens (tertiary/aromatic N) is 2. The van der Waals surface area contributed by atoms with Gasteiger partial charge in [0.1, 0.15) is 12.6 Å². The second kappa shape index (κ2) is 10.0. The summed E-state index contributed by atoms with van der Waals surface area (Å²) in [6.07, 6.45) is 1.78. The summed E-state index contributed by atoms with van der Waals surface area (Å²) in [5, 5.41) is 4.60. The van der Waals surface area contributed by atoms with Crippen LogP contribution in [0.4, 0.5) is 0 Å². The fourth-order valence-electron chi connectivity index (χ4n) is 2.74. The number of hydrogen-bond donors (Lipinski definition) is 0. The number of hydrogen-bond acceptors (Lipinski definition) is 3. The van der Waals surface area contributed by atoms with Crippen LogP contribution >= 0.6 is 0 Å². The first-order valence-corrected chi connectivity index (χ1v) is 8.15. The molecule has 0 aromatic heterocycles. The van der Waals surface area contributed by atoms with Gasteiger partial charge in [0, 0.05) is 12.0 Å². The van der Waals surface area contributed by atoms with Crippen LogP contribution in [0.3, 0.4) is 0 Å². The number of benzene rings is 2. The molecule has 4 nitrogen and oxygen atoms in total. The molecule has 0 bridgehead atoms. The van der Waals surface area contributed by atoms with Crippen LogP contribution < -0.4 is 0 Å². The van der Waals surface area contributed by atoms with Crippen LogP contribution in [0.5, 0.6) is 0 Å². The summed E-state index contributed by atoms with van der Waals surface area (Å²) >= 11 is 0. The Morgan fingerprint density at radius 3 is 2.19 bits per heavy atom. The standard InChI is InChI=1S/C19H17N2O2.C2H3.Mg/c1-3-7-14(8-4-1)16-12-22-18(20-16)11-19-21-17(13-23-19)15-9-5-2-6-10-15;1-2;/h1-11,16-17H,12-13H2;1H,2H2;/q2*-1;+2/b18-11+;;/t16-,17-;;/m1../s1. The molecule has 128 valence electrons. The van der Waals surface area contributed by atoms with Gasteiger partial charge in [-0.2, -0.15) is 0 Å². The number of rotatable bonds is 3. The summed E-state index contributed by atoms with van der Waals surface area (Å²) in [5.74, 6) is 1.18. The molecule has 4 rings (SSSR count). The first kappa shape index (κ1) is 20.1. The topological polar surface area (TPSA) is 44.9 Å². The molecule has 0 N–H and O–H groups in total. The molecule has 1 fully saturated rings. The first-order valence-electron chi connectivity index (χ1n) is 8.15. The fourth-order valence-corrected chi connectivity index (χ4v) is 2.74. The predicted octanol–water partition coefficient (Wildman–Crippen LogP) is 4.37.